The molecule has 0 unspecified atom stereocenters. The average molecular weight is 340 g/mol. The highest BCUT2D eigenvalue weighted by molar-refractivity contribution is 7.80. The number of carbonyl (C=O) groups excluding carboxylic acids is 1. The van der Waals surface area contributed by atoms with Gasteiger partial charge in [-0.15, -0.1) is 0 Å². The lowest BCUT2D eigenvalue weighted by Gasteiger charge is -2.11. The molecule has 0 atom stereocenters. The van der Waals surface area contributed by atoms with Crippen LogP contribution in [-0.2, 0) is 4.79 Å². The summed E-state index contributed by atoms with van der Waals surface area (Å²) in [6.45, 7) is 4.01. The normalized spacial score (nSPS) is 10.5. The van der Waals surface area contributed by atoms with Gasteiger partial charge in [0.1, 0.15) is 5.75 Å². The number of anilines is 1. The van der Waals surface area contributed by atoms with Crippen LogP contribution in [0.3, 0.4) is 0 Å². The number of para-hydroxylation sites is 1. The van der Waals surface area contributed by atoms with E-state index in [-0.39, 0.29) is 11.0 Å². The molecule has 1 amide bonds. The van der Waals surface area contributed by atoms with Crippen LogP contribution >= 0.6 is 12.2 Å². The molecule has 0 bridgehead atoms. The molecule has 124 valence electrons. The van der Waals surface area contributed by atoms with Crippen LogP contribution in [0.2, 0.25) is 0 Å². The lowest BCUT2D eigenvalue weighted by Crippen LogP contribution is -2.33. The summed E-state index contributed by atoms with van der Waals surface area (Å²) in [4.78, 5) is 12.0. The standard InChI is InChI=1S/C19H20N2O2S/c1-13-8-10-16(14(2)12-13)20-19(24)21-18(22)11-9-15-6-4-5-7-17(15)23-3/h4-12H,1-3H3,(H2,20,21,22,24). The number of benzene rings is 2. The van der Waals surface area contributed by atoms with Crippen LogP contribution in [0.25, 0.3) is 6.08 Å². The topological polar surface area (TPSA) is 50.4 Å². The van der Waals surface area contributed by atoms with Crippen LogP contribution in [-0.4, -0.2) is 18.1 Å². The maximum atomic E-state index is 12.0. The van der Waals surface area contributed by atoms with Gasteiger partial charge in [0.15, 0.2) is 5.11 Å². The zero-order valence-electron chi connectivity index (χ0n) is 13.9. The van der Waals surface area contributed by atoms with Gasteiger partial charge in [-0.3, -0.25) is 10.1 Å². The molecule has 2 N–H and O–H groups in total. The van der Waals surface area contributed by atoms with Crippen molar-refractivity contribution in [2.24, 2.45) is 0 Å². The van der Waals surface area contributed by atoms with Crippen molar-refractivity contribution in [2.45, 2.75) is 13.8 Å². The van der Waals surface area contributed by atoms with Crippen molar-refractivity contribution in [1.82, 2.24) is 5.32 Å². The largest absolute Gasteiger partial charge is 0.496 e. The van der Waals surface area contributed by atoms with Crippen molar-refractivity contribution < 1.29 is 9.53 Å². The molecule has 0 aromatic heterocycles. The highest BCUT2D eigenvalue weighted by atomic mass is 32.1. The van der Waals surface area contributed by atoms with E-state index in [1.165, 1.54) is 11.6 Å². The molecule has 0 fully saturated rings. The summed E-state index contributed by atoms with van der Waals surface area (Å²) >= 11 is 5.18. The van der Waals surface area contributed by atoms with Gasteiger partial charge in [-0.25, -0.2) is 0 Å². The Balaban J connectivity index is 1.96. The number of rotatable bonds is 4. The van der Waals surface area contributed by atoms with E-state index < -0.39 is 0 Å². The van der Waals surface area contributed by atoms with Crippen molar-refractivity contribution in [3.05, 3.63) is 65.2 Å². The van der Waals surface area contributed by atoms with E-state index >= 15 is 0 Å². The van der Waals surface area contributed by atoms with Gasteiger partial charge in [-0.1, -0.05) is 35.9 Å². The molecule has 0 saturated heterocycles. The van der Waals surface area contributed by atoms with Crippen LogP contribution in [0.4, 0.5) is 5.69 Å². The molecule has 4 nitrogen and oxygen atoms in total. The van der Waals surface area contributed by atoms with Crippen molar-refractivity contribution in [1.29, 1.82) is 0 Å². The first kappa shape index (κ1) is 17.7. The first-order valence-corrected chi connectivity index (χ1v) is 7.90. The van der Waals surface area contributed by atoms with E-state index in [0.29, 0.717) is 5.75 Å². The van der Waals surface area contributed by atoms with Gasteiger partial charge in [-0.05, 0) is 49.8 Å². The summed E-state index contributed by atoms with van der Waals surface area (Å²) in [6.07, 6.45) is 3.11. The summed E-state index contributed by atoms with van der Waals surface area (Å²) in [5, 5.41) is 5.92. The summed E-state index contributed by atoms with van der Waals surface area (Å²) in [7, 11) is 1.59. The molecule has 0 aliphatic heterocycles. The van der Waals surface area contributed by atoms with E-state index in [4.69, 9.17) is 17.0 Å². The second kappa shape index (κ2) is 8.26. The molecule has 2 aromatic carbocycles. The predicted molar refractivity (Wildman–Crippen MR) is 102 cm³/mol. The summed E-state index contributed by atoms with van der Waals surface area (Å²) in [5.41, 5.74) is 3.94. The van der Waals surface area contributed by atoms with Crippen molar-refractivity contribution in [3.63, 3.8) is 0 Å². The van der Waals surface area contributed by atoms with Gasteiger partial charge in [0.05, 0.1) is 7.11 Å². The van der Waals surface area contributed by atoms with E-state index in [0.717, 1.165) is 16.8 Å². The Labute approximate surface area is 147 Å². The smallest absolute Gasteiger partial charge is 0.250 e. The summed E-state index contributed by atoms with van der Waals surface area (Å²) in [6, 6.07) is 13.4. The Kier molecular flexibility index (Phi) is 6.09. The van der Waals surface area contributed by atoms with Crippen LogP contribution in [0.5, 0.6) is 5.75 Å². The number of amides is 1. The second-order valence-electron chi connectivity index (χ2n) is 5.34. The number of hydrogen-bond acceptors (Lipinski definition) is 3. The Bertz CT molecular complexity index is 785. The number of nitrogens with one attached hydrogen (secondary N) is 2. The highest BCUT2D eigenvalue weighted by Crippen LogP contribution is 2.18. The molecule has 2 rings (SSSR count). The lowest BCUT2D eigenvalue weighted by molar-refractivity contribution is -0.115. The fraction of sp³-hybridized carbons (Fsp3) is 0.158. The molecular weight excluding hydrogens is 320 g/mol. The molecule has 24 heavy (non-hydrogen) atoms. The minimum Gasteiger partial charge on any atom is -0.496 e. The quantitative estimate of drug-likeness (QED) is 0.656. The van der Waals surface area contributed by atoms with Crippen LogP contribution in [0.1, 0.15) is 16.7 Å². The Morgan fingerprint density at radius 3 is 2.62 bits per heavy atom. The van der Waals surface area contributed by atoms with Crippen molar-refractivity contribution in [2.75, 3.05) is 12.4 Å². The Morgan fingerprint density at radius 1 is 1.17 bits per heavy atom. The number of methoxy groups -OCH3 is 1. The highest BCUT2D eigenvalue weighted by Gasteiger charge is 2.04. The molecule has 2 aromatic rings. The number of thiocarbonyl (C=S) groups is 1. The van der Waals surface area contributed by atoms with Crippen LogP contribution in [0.15, 0.2) is 48.5 Å². The summed E-state index contributed by atoms with van der Waals surface area (Å²) < 4.78 is 5.24. The number of carbonyl (C=O) groups is 1. The van der Waals surface area contributed by atoms with E-state index in [9.17, 15) is 4.79 Å². The molecule has 0 radical (unpaired) electrons. The number of ether oxygens (including phenoxy) is 1. The zero-order chi connectivity index (χ0) is 17.5. The first-order valence-electron chi connectivity index (χ1n) is 7.50. The lowest BCUT2D eigenvalue weighted by atomic mass is 10.1. The number of hydrogen-bond donors (Lipinski definition) is 2. The van der Waals surface area contributed by atoms with E-state index in [1.807, 2.05) is 56.3 Å². The van der Waals surface area contributed by atoms with E-state index in [2.05, 4.69) is 10.6 Å². The molecule has 5 heteroatoms. The molecular formula is C19H20N2O2S. The van der Waals surface area contributed by atoms with Gasteiger partial charge in [-0.2, -0.15) is 0 Å². The SMILES string of the molecule is COc1ccccc1C=CC(=O)NC(=S)Nc1ccc(C)cc1C. The Hall–Kier alpha value is -2.66. The fourth-order valence-electron chi connectivity index (χ4n) is 2.23. The minimum absolute atomic E-state index is 0.261. The van der Waals surface area contributed by atoms with Gasteiger partial charge < -0.3 is 10.1 Å². The van der Waals surface area contributed by atoms with E-state index in [1.54, 1.807) is 13.2 Å². The maximum absolute atomic E-state index is 12.0. The zero-order valence-corrected chi connectivity index (χ0v) is 14.7. The first-order chi connectivity index (χ1) is 11.5. The molecule has 0 aliphatic rings. The van der Waals surface area contributed by atoms with Crippen molar-refractivity contribution >= 4 is 35.0 Å². The third-order valence-corrected chi connectivity index (χ3v) is 3.62. The molecule has 0 heterocycles. The minimum atomic E-state index is -0.303. The van der Waals surface area contributed by atoms with Crippen molar-refractivity contribution in [3.8, 4) is 5.75 Å². The van der Waals surface area contributed by atoms with Crippen LogP contribution in [0, 0.1) is 13.8 Å². The van der Waals surface area contributed by atoms with Gasteiger partial charge in [0, 0.05) is 17.3 Å². The maximum Gasteiger partial charge on any atom is 0.250 e. The fourth-order valence-corrected chi connectivity index (χ4v) is 2.44. The van der Waals surface area contributed by atoms with Gasteiger partial charge in [0.2, 0.25) is 5.91 Å². The van der Waals surface area contributed by atoms with Crippen LogP contribution < -0.4 is 15.4 Å². The third kappa shape index (κ3) is 4.93. The van der Waals surface area contributed by atoms with Gasteiger partial charge >= 0.3 is 0 Å². The Morgan fingerprint density at radius 2 is 1.92 bits per heavy atom. The molecule has 0 spiro atoms. The van der Waals surface area contributed by atoms with Gasteiger partial charge in [0.25, 0.3) is 0 Å². The molecule has 0 aliphatic carbocycles. The third-order valence-electron chi connectivity index (χ3n) is 3.42. The molecule has 0 saturated carbocycles. The monoisotopic (exact) mass is 340 g/mol. The predicted octanol–water partition coefficient (Wildman–Crippen LogP) is 3.84. The summed E-state index contributed by atoms with van der Waals surface area (Å²) in [5.74, 6) is 0.403. The number of aryl methyl sites for hydroxylation is 2. The average Bonchev–Trinajstić information content (AvgIpc) is 2.55. The second-order valence-corrected chi connectivity index (χ2v) is 5.75.